The van der Waals surface area contributed by atoms with Crippen LogP contribution in [0.15, 0.2) is 72.8 Å². The van der Waals surface area contributed by atoms with Gasteiger partial charge >= 0.3 is 5.97 Å². The Balaban J connectivity index is 0.00000324. The van der Waals surface area contributed by atoms with Crippen LogP contribution in [0, 0.1) is 5.82 Å². The molecule has 1 aliphatic heterocycles. The third-order valence-electron chi connectivity index (χ3n) is 5.71. The van der Waals surface area contributed by atoms with E-state index in [0.717, 1.165) is 38.4 Å². The molecule has 1 amide bonds. The normalized spacial score (nSPS) is 13.6. The van der Waals surface area contributed by atoms with E-state index < -0.39 is 17.7 Å². The zero-order valence-electron chi connectivity index (χ0n) is 18.9. The first-order valence-electron chi connectivity index (χ1n) is 10.8. The molecule has 1 aliphatic rings. The maximum atomic E-state index is 13.6. The maximum absolute atomic E-state index is 13.6. The maximum Gasteiger partial charge on any atom is 0.337 e. The molecule has 0 unspecified atom stereocenters. The predicted molar refractivity (Wildman–Crippen MR) is 133 cm³/mol. The number of methoxy groups -OCH3 is 1. The molecule has 1 saturated heterocycles. The average Bonchev–Trinajstić information content (AvgIpc) is 2.85. The summed E-state index contributed by atoms with van der Waals surface area (Å²) in [4.78, 5) is 29.4. The Kier molecular flexibility index (Phi) is 8.62. The highest BCUT2D eigenvalue weighted by Crippen LogP contribution is 2.29. The van der Waals surface area contributed by atoms with Crippen molar-refractivity contribution >= 4 is 35.7 Å². The molecule has 1 N–H and O–H groups in total. The van der Waals surface area contributed by atoms with E-state index in [2.05, 4.69) is 27.2 Å². The zero-order valence-corrected chi connectivity index (χ0v) is 19.7. The van der Waals surface area contributed by atoms with E-state index in [0.29, 0.717) is 11.3 Å². The van der Waals surface area contributed by atoms with E-state index in [1.165, 1.54) is 30.9 Å². The lowest BCUT2D eigenvalue weighted by Gasteiger charge is -2.37. The van der Waals surface area contributed by atoms with Crippen LogP contribution in [-0.2, 0) is 11.3 Å². The number of piperazine rings is 1. The van der Waals surface area contributed by atoms with Crippen molar-refractivity contribution in [2.75, 3.05) is 43.5 Å². The number of ether oxygens (including phenoxy) is 1. The SMILES string of the molecule is COC(=O)c1ccc(N2CCN(Cc3ccccc3)CC2)c(NC(=O)c2cccc(F)c2)c1.Cl. The zero-order chi connectivity index (χ0) is 23.2. The summed E-state index contributed by atoms with van der Waals surface area (Å²) < 4.78 is 18.4. The minimum Gasteiger partial charge on any atom is -0.465 e. The number of nitrogens with one attached hydrogen (secondary N) is 1. The van der Waals surface area contributed by atoms with E-state index in [-0.39, 0.29) is 18.0 Å². The minimum atomic E-state index is -0.490. The topological polar surface area (TPSA) is 61.9 Å². The fraction of sp³-hybridized carbons (Fsp3) is 0.231. The van der Waals surface area contributed by atoms with Crippen LogP contribution < -0.4 is 10.2 Å². The Morgan fingerprint density at radius 3 is 2.32 bits per heavy atom. The fourth-order valence-corrected chi connectivity index (χ4v) is 3.97. The lowest BCUT2D eigenvalue weighted by molar-refractivity contribution is 0.0600. The smallest absolute Gasteiger partial charge is 0.337 e. The van der Waals surface area contributed by atoms with Gasteiger partial charge in [-0.2, -0.15) is 0 Å². The van der Waals surface area contributed by atoms with Gasteiger partial charge in [0, 0.05) is 38.3 Å². The number of carbonyl (C=O) groups excluding carboxylic acids is 2. The van der Waals surface area contributed by atoms with Gasteiger partial charge in [-0.15, -0.1) is 12.4 Å². The molecule has 1 heterocycles. The van der Waals surface area contributed by atoms with Crippen molar-refractivity contribution in [1.82, 2.24) is 4.90 Å². The molecule has 4 rings (SSSR count). The molecule has 0 radical (unpaired) electrons. The first-order valence-corrected chi connectivity index (χ1v) is 10.8. The molecule has 1 fully saturated rings. The number of hydrogen-bond acceptors (Lipinski definition) is 5. The first kappa shape index (κ1) is 25.2. The number of rotatable bonds is 6. The number of amides is 1. The number of anilines is 2. The van der Waals surface area contributed by atoms with Gasteiger partial charge in [0.1, 0.15) is 5.82 Å². The van der Waals surface area contributed by atoms with Gasteiger partial charge in [0.05, 0.1) is 24.0 Å². The summed E-state index contributed by atoms with van der Waals surface area (Å²) in [6.45, 7) is 4.16. The van der Waals surface area contributed by atoms with E-state index in [1.807, 2.05) is 24.3 Å². The highest BCUT2D eigenvalue weighted by Gasteiger charge is 2.22. The lowest BCUT2D eigenvalue weighted by atomic mass is 10.1. The molecule has 0 atom stereocenters. The molecule has 0 saturated carbocycles. The molecule has 0 aliphatic carbocycles. The summed E-state index contributed by atoms with van der Waals surface area (Å²) in [5, 5.41) is 2.85. The lowest BCUT2D eigenvalue weighted by Crippen LogP contribution is -2.46. The molecule has 0 bridgehead atoms. The van der Waals surface area contributed by atoms with Crippen molar-refractivity contribution in [3.8, 4) is 0 Å². The van der Waals surface area contributed by atoms with Crippen LogP contribution in [0.1, 0.15) is 26.3 Å². The van der Waals surface area contributed by atoms with Gasteiger partial charge in [0.25, 0.3) is 5.91 Å². The highest BCUT2D eigenvalue weighted by atomic mass is 35.5. The summed E-state index contributed by atoms with van der Waals surface area (Å²) >= 11 is 0. The van der Waals surface area contributed by atoms with Crippen LogP contribution in [0.3, 0.4) is 0 Å². The van der Waals surface area contributed by atoms with Crippen molar-refractivity contribution in [3.63, 3.8) is 0 Å². The molecule has 8 heteroatoms. The standard InChI is InChI=1S/C26H26FN3O3.ClH/c1-33-26(32)21-10-11-24(23(17-21)28-25(31)20-8-5-9-22(27)16-20)30-14-12-29(13-15-30)18-19-6-3-2-4-7-19;/h2-11,16-17H,12-15,18H2,1H3,(H,28,31);1H. The third kappa shape index (κ3) is 6.12. The van der Waals surface area contributed by atoms with Crippen LogP contribution in [0.5, 0.6) is 0 Å². The largest absolute Gasteiger partial charge is 0.465 e. The van der Waals surface area contributed by atoms with E-state index in [4.69, 9.17) is 4.74 Å². The summed E-state index contributed by atoms with van der Waals surface area (Å²) in [6, 6.07) is 21.0. The van der Waals surface area contributed by atoms with Crippen LogP contribution in [0.25, 0.3) is 0 Å². The molecule has 178 valence electrons. The molecule has 0 spiro atoms. The molecule has 34 heavy (non-hydrogen) atoms. The van der Waals surface area contributed by atoms with Crippen molar-refractivity contribution in [3.05, 3.63) is 95.3 Å². The third-order valence-corrected chi connectivity index (χ3v) is 5.71. The van der Waals surface area contributed by atoms with Gasteiger partial charge in [-0.1, -0.05) is 36.4 Å². The van der Waals surface area contributed by atoms with Gasteiger partial charge in [-0.25, -0.2) is 9.18 Å². The molecular formula is C26H27ClFN3O3. The molecule has 3 aromatic carbocycles. The summed E-state index contributed by atoms with van der Waals surface area (Å²) in [5.41, 5.74) is 3.11. The van der Waals surface area contributed by atoms with Crippen molar-refractivity contribution in [2.45, 2.75) is 6.54 Å². The highest BCUT2D eigenvalue weighted by molar-refractivity contribution is 6.06. The first-order chi connectivity index (χ1) is 16.0. The van der Waals surface area contributed by atoms with Gasteiger partial charge in [-0.05, 0) is 42.0 Å². The van der Waals surface area contributed by atoms with Crippen LogP contribution in [-0.4, -0.2) is 50.1 Å². The van der Waals surface area contributed by atoms with E-state index >= 15 is 0 Å². The molecule has 3 aromatic rings. The predicted octanol–water partition coefficient (Wildman–Crippen LogP) is 4.61. The average molecular weight is 484 g/mol. The molecule has 0 aromatic heterocycles. The Bertz CT molecular complexity index is 1140. The van der Waals surface area contributed by atoms with Crippen LogP contribution >= 0.6 is 12.4 Å². The quantitative estimate of drug-likeness (QED) is 0.519. The summed E-state index contributed by atoms with van der Waals surface area (Å²) in [7, 11) is 1.31. The van der Waals surface area contributed by atoms with E-state index in [9.17, 15) is 14.0 Å². The van der Waals surface area contributed by atoms with Crippen molar-refractivity contribution in [1.29, 1.82) is 0 Å². The Labute approximate surface area is 204 Å². The number of carbonyl (C=O) groups is 2. The van der Waals surface area contributed by atoms with Gasteiger partial charge < -0.3 is 15.0 Å². The number of hydrogen-bond donors (Lipinski definition) is 1. The number of nitrogens with zero attached hydrogens (tertiary/aromatic N) is 2. The second-order valence-electron chi connectivity index (χ2n) is 7.94. The second kappa shape index (κ2) is 11.6. The Morgan fingerprint density at radius 2 is 1.65 bits per heavy atom. The Morgan fingerprint density at radius 1 is 0.912 bits per heavy atom. The minimum absolute atomic E-state index is 0. The van der Waals surface area contributed by atoms with Crippen LogP contribution in [0.2, 0.25) is 0 Å². The van der Waals surface area contributed by atoms with E-state index in [1.54, 1.807) is 18.2 Å². The molecular weight excluding hydrogens is 457 g/mol. The van der Waals surface area contributed by atoms with Crippen molar-refractivity contribution in [2.24, 2.45) is 0 Å². The number of halogens is 2. The Hall–Kier alpha value is -3.42. The van der Waals surface area contributed by atoms with Gasteiger partial charge in [0.15, 0.2) is 0 Å². The summed E-state index contributed by atoms with van der Waals surface area (Å²) in [5.74, 6) is -1.42. The van der Waals surface area contributed by atoms with Gasteiger partial charge in [-0.3, -0.25) is 9.69 Å². The number of benzene rings is 3. The summed E-state index contributed by atoms with van der Waals surface area (Å²) in [6.07, 6.45) is 0. The second-order valence-corrected chi connectivity index (χ2v) is 7.94. The van der Waals surface area contributed by atoms with Crippen LogP contribution in [0.4, 0.5) is 15.8 Å². The van der Waals surface area contributed by atoms with Crippen molar-refractivity contribution < 1.29 is 18.7 Å². The number of esters is 1. The van der Waals surface area contributed by atoms with Gasteiger partial charge in [0.2, 0.25) is 0 Å². The fourth-order valence-electron chi connectivity index (χ4n) is 3.97. The molecule has 6 nitrogen and oxygen atoms in total. The monoisotopic (exact) mass is 483 g/mol.